The van der Waals surface area contributed by atoms with E-state index in [1.54, 1.807) is 18.2 Å². The molecule has 0 aliphatic carbocycles. The third-order valence-corrected chi connectivity index (χ3v) is 6.87. The Balaban J connectivity index is 1.73. The van der Waals surface area contributed by atoms with Crippen LogP contribution >= 0.6 is 0 Å². The Morgan fingerprint density at radius 2 is 1.69 bits per heavy atom. The average molecular weight is 411 g/mol. The highest BCUT2D eigenvalue weighted by atomic mass is 32.2. The molecule has 0 unspecified atom stereocenters. The van der Waals surface area contributed by atoms with Gasteiger partial charge in [-0.15, -0.1) is 0 Å². The maximum Gasteiger partial charge on any atom is 0.243 e. The molecule has 1 atom stereocenters. The molecule has 0 radical (unpaired) electrons. The minimum Gasteiger partial charge on any atom is -0.348 e. The number of aryl methyl sites for hydroxylation is 2. The van der Waals surface area contributed by atoms with Gasteiger partial charge in [-0.05, 0) is 54.8 Å². The summed E-state index contributed by atoms with van der Waals surface area (Å²) in [7, 11) is -2.35. The standard InChI is InChI=1S/C23H26N2O3S/c1-16-9-10-17(2)22(13-16)18(3)24-23(26)15-25(4)29(27,28)21-12-11-19-7-5-6-8-20(19)14-21/h5-14,18H,15H2,1-4H3,(H,24,26)/t18-/m1/s1. The second-order valence-corrected chi connectivity index (χ2v) is 9.46. The van der Waals surface area contributed by atoms with Gasteiger partial charge in [0.1, 0.15) is 0 Å². The molecule has 0 saturated heterocycles. The highest BCUT2D eigenvalue weighted by molar-refractivity contribution is 7.89. The Morgan fingerprint density at radius 1 is 1.00 bits per heavy atom. The van der Waals surface area contributed by atoms with Gasteiger partial charge in [-0.25, -0.2) is 8.42 Å². The molecular weight excluding hydrogens is 384 g/mol. The van der Waals surface area contributed by atoms with Crippen LogP contribution in [0.15, 0.2) is 65.6 Å². The van der Waals surface area contributed by atoms with Gasteiger partial charge in [0, 0.05) is 7.05 Å². The van der Waals surface area contributed by atoms with Crippen LogP contribution < -0.4 is 5.32 Å². The highest BCUT2D eigenvalue weighted by Crippen LogP contribution is 2.22. The smallest absolute Gasteiger partial charge is 0.243 e. The van der Waals surface area contributed by atoms with Crippen molar-refractivity contribution in [3.63, 3.8) is 0 Å². The van der Waals surface area contributed by atoms with Crippen LogP contribution in [0.25, 0.3) is 10.8 Å². The molecular formula is C23H26N2O3S. The van der Waals surface area contributed by atoms with E-state index >= 15 is 0 Å². The van der Waals surface area contributed by atoms with Crippen molar-refractivity contribution >= 4 is 26.7 Å². The largest absolute Gasteiger partial charge is 0.348 e. The van der Waals surface area contributed by atoms with E-state index in [4.69, 9.17) is 0 Å². The molecule has 6 heteroatoms. The van der Waals surface area contributed by atoms with Crippen LogP contribution in [0, 0.1) is 13.8 Å². The summed E-state index contributed by atoms with van der Waals surface area (Å²) in [5, 5.41) is 4.71. The first kappa shape index (κ1) is 21.0. The summed E-state index contributed by atoms with van der Waals surface area (Å²) in [5.74, 6) is -0.342. The minimum absolute atomic E-state index is 0.175. The van der Waals surface area contributed by atoms with E-state index in [1.807, 2.05) is 63.2 Å². The maximum absolute atomic E-state index is 12.9. The van der Waals surface area contributed by atoms with Gasteiger partial charge in [0.25, 0.3) is 0 Å². The molecule has 0 bridgehead atoms. The monoisotopic (exact) mass is 410 g/mol. The van der Waals surface area contributed by atoms with Crippen molar-refractivity contribution in [2.24, 2.45) is 0 Å². The van der Waals surface area contributed by atoms with Crippen molar-refractivity contribution in [3.05, 3.63) is 77.4 Å². The van der Waals surface area contributed by atoms with Crippen LogP contribution in [-0.4, -0.2) is 32.2 Å². The van der Waals surface area contributed by atoms with E-state index < -0.39 is 10.0 Å². The molecule has 0 fully saturated rings. The fourth-order valence-corrected chi connectivity index (χ4v) is 4.55. The first-order chi connectivity index (χ1) is 13.7. The fraction of sp³-hybridized carbons (Fsp3) is 0.261. The Hall–Kier alpha value is -2.70. The Bertz CT molecular complexity index is 1160. The molecule has 5 nitrogen and oxygen atoms in total. The number of hydrogen-bond donors (Lipinski definition) is 1. The summed E-state index contributed by atoms with van der Waals surface area (Å²) < 4.78 is 26.9. The second kappa shape index (κ2) is 8.35. The lowest BCUT2D eigenvalue weighted by Gasteiger charge is -2.21. The van der Waals surface area contributed by atoms with E-state index in [-0.39, 0.29) is 23.4 Å². The van der Waals surface area contributed by atoms with Gasteiger partial charge in [-0.2, -0.15) is 4.31 Å². The predicted octanol–water partition coefficient (Wildman–Crippen LogP) is 3.95. The number of amides is 1. The van der Waals surface area contributed by atoms with Crippen molar-refractivity contribution in [1.29, 1.82) is 0 Å². The Labute approximate surface area is 172 Å². The van der Waals surface area contributed by atoms with Gasteiger partial charge < -0.3 is 5.32 Å². The third-order valence-electron chi connectivity index (χ3n) is 5.07. The molecule has 3 aromatic carbocycles. The minimum atomic E-state index is -3.77. The Morgan fingerprint density at radius 3 is 2.41 bits per heavy atom. The lowest BCUT2D eigenvalue weighted by Crippen LogP contribution is -2.39. The van der Waals surface area contributed by atoms with Crippen LogP contribution in [-0.2, 0) is 14.8 Å². The van der Waals surface area contributed by atoms with E-state index in [0.717, 1.165) is 31.8 Å². The van der Waals surface area contributed by atoms with Crippen LogP contribution in [0.3, 0.4) is 0 Å². The van der Waals surface area contributed by atoms with Crippen molar-refractivity contribution in [2.45, 2.75) is 31.7 Å². The van der Waals surface area contributed by atoms with Gasteiger partial charge in [-0.3, -0.25) is 4.79 Å². The summed E-state index contributed by atoms with van der Waals surface area (Å²) in [6.07, 6.45) is 0. The van der Waals surface area contributed by atoms with Gasteiger partial charge in [-0.1, -0.05) is 54.1 Å². The third kappa shape index (κ3) is 4.66. The average Bonchev–Trinajstić information content (AvgIpc) is 2.69. The number of carbonyl (C=O) groups excluding carboxylic acids is 1. The first-order valence-electron chi connectivity index (χ1n) is 9.50. The zero-order chi connectivity index (χ0) is 21.2. The van der Waals surface area contributed by atoms with Gasteiger partial charge in [0.05, 0.1) is 17.5 Å². The molecule has 0 saturated carbocycles. The lowest BCUT2D eigenvalue weighted by atomic mass is 10.00. The number of carbonyl (C=O) groups is 1. The number of rotatable bonds is 6. The summed E-state index contributed by atoms with van der Waals surface area (Å²) in [6.45, 7) is 5.65. The molecule has 0 aromatic heterocycles. The van der Waals surface area contributed by atoms with Crippen LogP contribution in [0.4, 0.5) is 0 Å². The zero-order valence-electron chi connectivity index (χ0n) is 17.1. The van der Waals surface area contributed by atoms with Crippen molar-refractivity contribution in [1.82, 2.24) is 9.62 Å². The predicted molar refractivity (Wildman–Crippen MR) is 116 cm³/mol. The van der Waals surface area contributed by atoms with E-state index in [9.17, 15) is 13.2 Å². The maximum atomic E-state index is 12.9. The molecule has 0 aliphatic heterocycles. The second-order valence-electron chi connectivity index (χ2n) is 7.42. The van der Waals surface area contributed by atoms with E-state index in [2.05, 4.69) is 5.32 Å². The fourth-order valence-electron chi connectivity index (χ4n) is 3.39. The van der Waals surface area contributed by atoms with Gasteiger partial charge >= 0.3 is 0 Å². The van der Waals surface area contributed by atoms with Crippen LogP contribution in [0.5, 0.6) is 0 Å². The molecule has 1 N–H and O–H groups in total. The number of sulfonamides is 1. The number of hydrogen-bond acceptors (Lipinski definition) is 3. The summed E-state index contributed by atoms with van der Waals surface area (Å²) in [4.78, 5) is 12.7. The van der Waals surface area contributed by atoms with Crippen LogP contribution in [0.2, 0.25) is 0 Å². The summed E-state index contributed by atoms with van der Waals surface area (Å²) >= 11 is 0. The summed E-state index contributed by atoms with van der Waals surface area (Å²) in [6, 6.07) is 18.4. The van der Waals surface area contributed by atoms with E-state index in [1.165, 1.54) is 7.05 Å². The molecule has 0 spiro atoms. The number of nitrogens with one attached hydrogen (secondary N) is 1. The molecule has 1 amide bonds. The molecule has 3 aromatic rings. The number of fused-ring (bicyclic) bond motifs is 1. The topological polar surface area (TPSA) is 66.5 Å². The highest BCUT2D eigenvalue weighted by Gasteiger charge is 2.24. The van der Waals surface area contributed by atoms with Crippen LogP contribution in [0.1, 0.15) is 29.7 Å². The number of nitrogens with zero attached hydrogens (tertiary/aromatic N) is 1. The van der Waals surface area contributed by atoms with Gasteiger partial charge in [0.15, 0.2) is 0 Å². The molecule has 3 rings (SSSR count). The molecule has 29 heavy (non-hydrogen) atoms. The molecule has 0 heterocycles. The number of likely N-dealkylation sites (N-methyl/N-ethyl adjacent to an activating group) is 1. The molecule has 0 aliphatic rings. The zero-order valence-corrected chi connectivity index (χ0v) is 18.0. The van der Waals surface area contributed by atoms with Gasteiger partial charge in [0.2, 0.25) is 15.9 Å². The summed E-state index contributed by atoms with van der Waals surface area (Å²) in [5.41, 5.74) is 3.22. The lowest BCUT2D eigenvalue weighted by molar-refractivity contribution is -0.121. The first-order valence-corrected chi connectivity index (χ1v) is 10.9. The number of benzene rings is 3. The van der Waals surface area contributed by atoms with Crippen molar-refractivity contribution in [3.8, 4) is 0 Å². The SMILES string of the molecule is Cc1ccc(C)c([C@@H](C)NC(=O)CN(C)S(=O)(=O)c2ccc3ccccc3c2)c1. The molecule has 152 valence electrons. The Kier molecular flexibility index (Phi) is 6.05. The van der Waals surface area contributed by atoms with Crippen molar-refractivity contribution in [2.75, 3.05) is 13.6 Å². The normalized spacial score (nSPS) is 12.9. The van der Waals surface area contributed by atoms with E-state index in [0.29, 0.717) is 0 Å². The quantitative estimate of drug-likeness (QED) is 0.669. The van der Waals surface area contributed by atoms with Crippen molar-refractivity contribution < 1.29 is 13.2 Å².